The highest BCUT2D eigenvalue weighted by Crippen LogP contribution is 2.33. The van der Waals surface area contributed by atoms with Crippen molar-refractivity contribution in [1.29, 1.82) is 0 Å². The van der Waals surface area contributed by atoms with E-state index in [-0.39, 0.29) is 34.6 Å². The Morgan fingerprint density at radius 3 is 2.56 bits per heavy atom. The summed E-state index contributed by atoms with van der Waals surface area (Å²) in [6.07, 6.45) is 2.71. The first-order chi connectivity index (χ1) is 17.2. The van der Waals surface area contributed by atoms with Crippen molar-refractivity contribution in [1.82, 2.24) is 19.9 Å². The summed E-state index contributed by atoms with van der Waals surface area (Å²) in [6, 6.07) is 9.52. The molecular weight excluding hydrogens is 492 g/mol. The molecule has 36 heavy (non-hydrogen) atoms. The highest BCUT2D eigenvalue weighted by molar-refractivity contribution is 7.80. The minimum atomic E-state index is -0.721. The van der Waals surface area contributed by atoms with Crippen LogP contribution in [0.25, 0.3) is 5.52 Å². The number of rotatable bonds is 6. The highest BCUT2D eigenvalue weighted by atomic mass is 32.1. The molecule has 184 valence electrons. The first-order valence-electron chi connectivity index (χ1n) is 10.5. The number of hydrogen-bond donors (Lipinski definition) is 2. The zero-order chi connectivity index (χ0) is 25.8. The molecule has 2 aromatic heterocycles. The molecule has 9 nitrogen and oxygen atoms in total. The number of aromatic nitrogens is 3. The average molecular weight is 512 g/mol. The van der Waals surface area contributed by atoms with E-state index < -0.39 is 23.5 Å². The molecule has 1 amide bonds. The lowest BCUT2D eigenvalue weighted by molar-refractivity contribution is -0.132. The van der Waals surface area contributed by atoms with Crippen molar-refractivity contribution in [2.24, 2.45) is 0 Å². The van der Waals surface area contributed by atoms with Crippen LogP contribution < -0.4 is 20.1 Å². The molecular formula is C24H19F2N5O4S. The van der Waals surface area contributed by atoms with Crippen LogP contribution in [0.15, 0.2) is 55.0 Å². The van der Waals surface area contributed by atoms with E-state index in [2.05, 4.69) is 20.7 Å². The molecule has 4 rings (SSSR count). The predicted molar refractivity (Wildman–Crippen MR) is 130 cm³/mol. The molecule has 0 unspecified atom stereocenters. The number of thiocarbonyl (C=S) groups is 1. The molecule has 0 atom stereocenters. The van der Waals surface area contributed by atoms with Gasteiger partial charge in [0.1, 0.15) is 17.7 Å². The number of ether oxygens (including phenoxy) is 2. The Hall–Kier alpha value is -4.45. The Kier molecular flexibility index (Phi) is 7.15. The number of aryl methyl sites for hydroxylation is 1. The number of nitrogens with zero attached hydrogens (tertiary/aromatic N) is 3. The number of carbonyl (C=O) groups excluding carboxylic acids is 2. The largest absolute Gasteiger partial charge is 0.434 e. The molecule has 4 aromatic rings. The van der Waals surface area contributed by atoms with E-state index in [9.17, 15) is 18.4 Å². The van der Waals surface area contributed by atoms with Crippen LogP contribution in [0.1, 0.15) is 18.1 Å². The normalized spacial score (nSPS) is 10.7. The van der Waals surface area contributed by atoms with Gasteiger partial charge in [0.2, 0.25) is 11.8 Å². The number of hydrogen-bond acceptors (Lipinski definition) is 7. The fourth-order valence-corrected chi connectivity index (χ4v) is 3.56. The smallest absolute Gasteiger partial charge is 0.308 e. The Morgan fingerprint density at radius 1 is 1.11 bits per heavy atom. The molecule has 0 aliphatic carbocycles. The van der Waals surface area contributed by atoms with Crippen LogP contribution in [0.3, 0.4) is 0 Å². The number of benzene rings is 2. The van der Waals surface area contributed by atoms with Crippen molar-refractivity contribution in [2.45, 2.75) is 20.3 Å². The van der Waals surface area contributed by atoms with Crippen LogP contribution in [0.4, 0.5) is 14.5 Å². The lowest BCUT2D eigenvalue weighted by Crippen LogP contribution is -2.35. The summed E-state index contributed by atoms with van der Waals surface area (Å²) < 4.78 is 40.0. The Balaban J connectivity index is 1.43. The predicted octanol–water partition coefficient (Wildman–Crippen LogP) is 4.09. The van der Waals surface area contributed by atoms with Gasteiger partial charge in [-0.05, 0) is 49.0 Å². The summed E-state index contributed by atoms with van der Waals surface area (Å²) in [5, 5.41) is 9.24. The van der Waals surface area contributed by atoms with Gasteiger partial charge in [-0.1, -0.05) is 12.1 Å². The number of nitrogens with one attached hydrogen (secondary N) is 2. The maximum Gasteiger partial charge on any atom is 0.308 e. The summed E-state index contributed by atoms with van der Waals surface area (Å²) in [7, 11) is 0. The number of anilines is 1. The third-order valence-corrected chi connectivity index (χ3v) is 5.13. The molecule has 0 bridgehead atoms. The van der Waals surface area contributed by atoms with E-state index in [1.54, 1.807) is 6.92 Å². The number of fused-ring (bicyclic) bond motifs is 1. The SMILES string of the molecule is CC(=O)Oc1cn2ncnc(Oc3ccc(NC(=S)NC(=O)Cc4ccc(F)cc4)cc3F)c2c1C. The third-order valence-electron chi connectivity index (χ3n) is 4.93. The molecule has 0 saturated carbocycles. The van der Waals surface area contributed by atoms with Crippen molar-refractivity contribution < 1.29 is 27.8 Å². The second kappa shape index (κ2) is 10.4. The molecule has 2 aromatic carbocycles. The molecule has 0 aliphatic heterocycles. The zero-order valence-corrected chi connectivity index (χ0v) is 19.9. The first kappa shape index (κ1) is 24.7. The molecule has 0 saturated heterocycles. The highest BCUT2D eigenvalue weighted by Gasteiger charge is 2.18. The van der Waals surface area contributed by atoms with Crippen molar-refractivity contribution in [3.05, 3.63) is 77.8 Å². The minimum absolute atomic E-state index is 0.00499. The standard InChI is InChI=1S/C24H19F2N5O4S/c1-13-20(34-14(2)32)11-31-22(13)23(27-12-28-31)35-19-8-7-17(10-18(19)26)29-24(36)30-21(33)9-15-3-5-16(25)6-4-15/h3-8,10-12H,9H2,1-2H3,(H2,29,30,33,36). The average Bonchev–Trinajstić information content (AvgIpc) is 3.12. The first-order valence-corrected chi connectivity index (χ1v) is 10.9. The number of esters is 1. The summed E-state index contributed by atoms with van der Waals surface area (Å²) in [5.74, 6) is -1.81. The van der Waals surface area contributed by atoms with Gasteiger partial charge in [0.15, 0.2) is 22.4 Å². The van der Waals surface area contributed by atoms with E-state index in [0.717, 1.165) is 6.07 Å². The number of amides is 1. The van der Waals surface area contributed by atoms with E-state index in [4.69, 9.17) is 21.7 Å². The van der Waals surface area contributed by atoms with Gasteiger partial charge < -0.3 is 20.1 Å². The second-order valence-electron chi connectivity index (χ2n) is 7.62. The summed E-state index contributed by atoms with van der Waals surface area (Å²) >= 11 is 5.12. The van der Waals surface area contributed by atoms with E-state index >= 15 is 0 Å². The molecule has 2 heterocycles. The van der Waals surface area contributed by atoms with Crippen molar-refractivity contribution in [3.8, 4) is 17.4 Å². The summed E-state index contributed by atoms with van der Waals surface area (Å²) in [5.41, 5.74) is 1.83. The fourth-order valence-electron chi connectivity index (χ4n) is 3.32. The van der Waals surface area contributed by atoms with Crippen molar-refractivity contribution >= 4 is 40.4 Å². The van der Waals surface area contributed by atoms with Crippen LogP contribution in [0, 0.1) is 18.6 Å². The lowest BCUT2D eigenvalue weighted by Gasteiger charge is -2.12. The van der Waals surface area contributed by atoms with E-state index in [1.807, 2.05) is 0 Å². The van der Waals surface area contributed by atoms with Crippen molar-refractivity contribution in [3.63, 3.8) is 0 Å². The van der Waals surface area contributed by atoms with Gasteiger partial charge in [-0.15, -0.1) is 0 Å². The Morgan fingerprint density at radius 2 is 1.86 bits per heavy atom. The number of carbonyl (C=O) groups is 2. The van der Waals surface area contributed by atoms with Gasteiger partial charge in [0.05, 0.1) is 12.6 Å². The van der Waals surface area contributed by atoms with Crippen LogP contribution in [-0.2, 0) is 16.0 Å². The van der Waals surface area contributed by atoms with Gasteiger partial charge in [-0.2, -0.15) is 10.1 Å². The van der Waals surface area contributed by atoms with Gasteiger partial charge >= 0.3 is 5.97 Å². The minimum Gasteiger partial charge on any atom is -0.434 e. The van der Waals surface area contributed by atoms with Crippen LogP contribution in [0.2, 0.25) is 0 Å². The molecule has 0 radical (unpaired) electrons. The number of halogens is 2. The van der Waals surface area contributed by atoms with Crippen LogP contribution in [0.5, 0.6) is 17.4 Å². The lowest BCUT2D eigenvalue weighted by atomic mass is 10.1. The van der Waals surface area contributed by atoms with Gasteiger partial charge in [0, 0.05) is 24.2 Å². The van der Waals surface area contributed by atoms with Crippen molar-refractivity contribution in [2.75, 3.05) is 5.32 Å². The molecule has 2 N–H and O–H groups in total. The quantitative estimate of drug-likeness (QED) is 0.295. The zero-order valence-electron chi connectivity index (χ0n) is 19.0. The molecule has 12 heteroatoms. The van der Waals surface area contributed by atoms with E-state index in [0.29, 0.717) is 16.6 Å². The Bertz CT molecular complexity index is 1470. The molecule has 0 aliphatic rings. The fraction of sp³-hybridized carbons (Fsp3) is 0.125. The Labute approximate surface area is 209 Å². The van der Waals surface area contributed by atoms with Crippen LogP contribution >= 0.6 is 12.2 Å². The molecule has 0 fully saturated rings. The van der Waals surface area contributed by atoms with Gasteiger partial charge in [0.25, 0.3) is 0 Å². The van der Waals surface area contributed by atoms with Gasteiger partial charge in [-0.3, -0.25) is 9.59 Å². The topological polar surface area (TPSA) is 107 Å². The maximum absolute atomic E-state index is 14.8. The second-order valence-corrected chi connectivity index (χ2v) is 8.03. The molecule has 0 spiro atoms. The summed E-state index contributed by atoms with van der Waals surface area (Å²) in [4.78, 5) is 27.5. The monoisotopic (exact) mass is 511 g/mol. The third kappa shape index (κ3) is 5.78. The van der Waals surface area contributed by atoms with Crippen LogP contribution in [-0.4, -0.2) is 31.6 Å². The maximum atomic E-state index is 14.8. The van der Waals surface area contributed by atoms with E-state index in [1.165, 1.54) is 60.4 Å². The summed E-state index contributed by atoms with van der Waals surface area (Å²) in [6.45, 7) is 2.97. The van der Waals surface area contributed by atoms with Gasteiger partial charge in [-0.25, -0.2) is 13.3 Å².